The van der Waals surface area contributed by atoms with Gasteiger partial charge in [-0.1, -0.05) is 159 Å². The smallest absolute Gasteiger partial charge is 0.335 e. The molecular formula is C75H109BrCl2N8O8. The molecule has 9 rings (SSSR count). The number of unbranched alkanes of at least 4 members (excludes halogenated alkanes) is 1. The minimum absolute atomic E-state index is 0. The summed E-state index contributed by atoms with van der Waals surface area (Å²) in [5.74, 6) is 2.58. The number of hydrogen-bond donors (Lipinski definition) is 8. The number of carbonyl (C=O) groups is 7. The quantitative estimate of drug-likeness (QED) is 0.0167. The Labute approximate surface area is 581 Å². The van der Waals surface area contributed by atoms with Crippen molar-refractivity contribution in [3.05, 3.63) is 148 Å². The predicted octanol–water partition coefficient (Wildman–Crippen LogP) is 16.5. The molecule has 4 saturated carbocycles. The number of amidine groups is 1. The summed E-state index contributed by atoms with van der Waals surface area (Å²) in [6.45, 7) is 28.5. The third kappa shape index (κ3) is 27.3. The zero-order chi connectivity index (χ0) is 68.4. The molecule has 0 radical (unpaired) electrons. The topological polar surface area (TPSA) is 280 Å². The molecule has 4 unspecified atom stereocenters. The summed E-state index contributed by atoms with van der Waals surface area (Å²) < 4.78 is 0. The number of aromatic nitrogens is 2. The molecule has 4 aromatic carbocycles. The first-order valence-corrected chi connectivity index (χ1v) is 34.1. The number of Topliss-reactive ketones (excluding diaryl/α,β-unsaturated/α-hetero) is 3. The maximum atomic E-state index is 12.3. The van der Waals surface area contributed by atoms with Gasteiger partial charge in [-0.2, -0.15) is 0 Å². The highest BCUT2D eigenvalue weighted by Gasteiger charge is 2.37. The first-order chi connectivity index (χ1) is 43.3. The van der Waals surface area contributed by atoms with E-state index in [-0.39, 0.29) is 65.4 Å². The summed E-state index contributed by atoms with van der Waals surface area (Å²) in [6.07, 6.45) is 19.9. The molecule has 1 aromatic heterocycles. The Hall–Kier alpha value is -6.53. The van der Waals surface area contributed by atoms with Gasteiger partial charge in [-0.25, -0.2) is 9.78 Å². The average Bonchev–Trinajstić information content (AvgIpc) is 1.68. The molecule has 16 nitrogen and oxygen atoms in total. The van der Waals surface area contributed by atoms with Crippen molar-refractivity contribution in [2.45, 2.75) is 179 Å². The maximum absolute atomic E-state index is 12.3. The fourth-order valence-corrected chi connectivity index (χ4v) is 12.8. The number of carboxylic acid groups (broad SMARTS) is 1. The first-order valence-electron chi connectivity index (χ1n) is 33.0. The lowest BCUT2D eigenvalue weighted by Crippen LogP contribution is -2.33. The summed E-state index contributed by atoms with van der Waals surface area (Å²) >= 11 is 3.14. The number of ketones is 3. The number of aromatic amines is 1. The molecule has 3 amide bonds. The van der Waals surface area contributed by atoms with Gasteiger partial charge in [0.25, 0.3) is 17.7 Å². The molecule has 94 heavy (non-hydrogen) atoms. The van der Waals surface area contributed by atoms with E-state index in [4.69, 9.17) is 22.0 Å². The molecule has 0 saturated heterocycles. The number of alkyl halides is 1. The van der Waals surface area contributed by atoms with E-state index in [9.17, 15) is 33.6 Å². The number of nitrogens with zero attached hydrogens (tertiary/aromatic N) is 1. The molecule has 0 bridgehead atoms. The van der Waals surface area contributed by atoms with Gasteiger partial charge >= 0.3 is 5.97 Å². The molecule has 10 N–H and O–H groups in total. The third-order valence-electron chi connectivity index (χ3n) is 19.4. The summed E-state index contributed by atoms with van der Waals surface area (Å²) in [7, 11) is 0. The van der Waals surface area contributed by atoms with Gasteiger partial charge in [-0.15, -0.1) is 24.8 Å². The highest BCUT2D eigenvalue weighted by atomic mass is 79.9. The maximum Gasteiger partial charge on any atom is 0.335 e. The van der Waals surface area contributed by atoms with E-state index in [1.54, 1.807) is 48.5 Å². The van der Waals surface area contributed by atoms with Crippen LogP contribution in [0.3, 0.4) is 0 Å². The van der Waals surface area contributed by atoms with E-state index in [0.29, 0.717) is 84.0 Å². The molecular weight excluding hydrogens is 1290 g/mol. The Morgan fingerprint density at radius 1 is 0.553 bits per heavy atom. The zero-order valence-electron chi connectivity index (χ0n) is 57.9. The normalized spacial score (nSPS) is 18.7. The van der Waals surface area contributed by atoms with Gasteiger partial charge in [0.05, 0.1) is 28.6 Å². The Kier molecular flexibility index (Phi) is 35.7. The van der Waals surface area contributed by atoms with Gasteiger partial charge in [0, 0.05) is 59.4 Å². The number of nitrogens with two attached hydrogens (primary N) is 2. The first kappa shape index (κ1) is 83.6. The van der Waals surface area contributed by atoms with Crippen LogP contribution in [-0.4, -0.2) is 93.5 Å². The van der Waals surface area contributed by atoms with Crippen LogP contribution < -0.4 is 27.4 Å². The number of carboxylic acids is 1. The Bertz CT molecular complexity index is 3170. The Morgan fingerprint density at radius 2 is 0.872 bits per heavy atom. The van der Waals surface area contributed by atoms with Gasteiger partial charge in [-0.05, 0) is 185 Å². The highest BCUT2D eigenvalue weighted by molar-refractivity contribution is 9.09. The van der Waals surface area contributed by atoms with Crippen molar-refractivity contribution >= 4 is 87.6 Å². The van der Waals surface area contributed by atoms with Crippen LogP contribution in [0.15, 0.2) is 103 Å². The van der Waals surface area contributed by atoms with Gasteiger partial charge in [0.2, 0.25) is 0 Å². The summed E-state index contributed by atoms with van der Waals surface area (Å²) in [6, 6.07) is 27.2. The molecule has 4 fully saturated rings. The predicted molar refractivity (Wildman–Crippen MR) is 390 cm³/mol. The van der Waals surface area contributed by atoms with Crippen LogP contribution in [0.4, 0.5) is 0 Å². The zero-order valence-corrected chi connectivity index (χ0v) is 61.1. The van der Waals surface area contributed by atoms with Crippen LogP contribution >= 0.6 is 40.7 Å². The SMILES string of the molecule is CC(=O)c1ccc(C(=O)NCC2CCCC2(C)C)cc1.CC(=O)c1ccc(C(=O)O)cc1.CC1(C)CCCC1CN.CC1(C)CCCC1CNC(=O)c1ccc(C(=O)CBr)cc1.CCCCC(=N)N.Cc1ncc(-c2ccc(C(=O)NCC3CCCC3(C)C)cc2)[nH]1.Cl.Cl. The second kappa shape index (κ2) is 40.1. The number of imidazole rings is 1. The Morgan fingerprint density at radius 3 is 1.12 bits per heavy atom. The minimum atomic E-state index is -0.981. The second-order valence-electron chi connectivity index (χ2n) is 28.0. The lowest BCUT2D eigenvalue weighted by molar-refractivity contribution is 0.0695. The number of aromatic carboxylic acids is 1. The van der Waals surface area contributed by atoms with E-state index in [1.807, 2.05) is 37.4 Å². The molecule has 4 aliphatic rings. The fraction of sp³-hybridized carbons (Fsp3) is 0.533. The van der Waals surface area contributed by atoms with E-state index < -0.39 is 5.97 Å². The molecule has 4 aliphatic carbocycles. The number of amides is 3. The highest BCUT2D eigenvalue weighted by Crippen LogP contribution is 2.44. The number of aryl methyl sites for hydroxylation is 1. The van der Waals surface area contributed by atoms with E-state index in [1.165, 1.54) is 115 Å². The number of carbonyl (C=O) groups excluding carboxylic acids is 6. The minimum Gasteiger partial charge on any atom is -0.478 e. The number of hydrogen-bond acceptors (Lipinski definition) is 10. The number of nitrogens with one attached hydrogen (secondary N) is 5. The van der Waals surface area contributed by atoms with Crippen molar-refractivity contribution in [1.29, 1.82) is 5.41 Å². The molecule has 19 heteroatoms. The number of halogens is 3. The van der Waals surface area contributed by atoms with Crippen molar-refractivity contribution in [2.24, 2.45) is 56.8 Å². The van der Waals surface area contributed by atoms with Crippen LogP contribution in [0.2, 0.25) is 0 Å². The van der Waals surface area contributed by atoms with Crippen molar-refractivity contribution in [1.82, 2.24) is 25.9 Å². The van der Waals surface area contributed by atoms with E-state index in [0.717, 1.165) is 68.4 Å². The lowest BCUT2D eigenvalue weighted by atomic mass is 9.82. The third-order valence-corrected chi connectivity index (χ3v) is 19.9. The van der Waals surface area contributed by atoms with Gasteiger partial charge in [0.15, 0.2) is 17.3 Å². The van der Waals surface area contributed by atoms with Gasteiger partial charge in [-0.3, -0.25) is 34.2 Å². The fourth-order valence-electron chi connectivity index (χ4n) is 12.4. The van der Waals surface area contributed by atoms with Crippen LogP contribution in [0.5, 0.6) is 0 Å². The molecule has 4 atom stereocenters. The van der Waals surface area contributed by atoms with Gasteiger partial charge < -0.3 is 37.5 Å². The standard InChI is InChI=1S/C19H25N3O.C17H22BrNO2.C17H23NO2.C9H8O3.C8H17N.C5H12N2.2ClH/c1-13-20-12-17(22-13)14-6-8-15(9-7-14)18(23)21-11-16-5-4-10-19(16,2)3;1-17(2)9-3-4-14(17)11-19-16(21)13-7-5-12(6-8-13)15(20)10-18;1-12(19)13-6-8-14(9-7-13)16(20)18-11-15-5-4-10-17(15,2)3;1-6(10)7-2-4-8(5-3-7)9(11)12;1-8(2)5-3-4-7(8)6-9;1-2-3-4-5(6)7;;/h6-9,12,16H,4-5,10-11H2,1-3H3,(H,20,22)(H,21,23);5-8,14H,3-4,9-11H2,1-2H3,(H,19,21);6-9,15H,4-5,10-11H2,1-3H3,(H,18,20);2-5H,1H3,(H,11,12);7H,3-6,9H2,1-2H3;2-4H2,1H3,(H3,6,7);2*1H. The Balaban J connectivity index is 0.000000399. The van der Waals surface area contributed by atoms with Crippen LogP contribution in [0.1, 0.15) is 251 Å². The molecule has 0 aliphatic heterocycles. The number of benzene rings is 4. The monoisotopic (exact) mass is 1400 g/mol. The number of H-pyrrole nitrogens is 1. The van der Waals surface area contributed by atoms with Gasteiger partial charge in [0.1, 0.15) is 5.82 Å². The second-order valence-corrected chi connectivity index (χ2v) is 28.5. The van der Waals surface area contributed by atoms with Crippen LogP contribution in [-0.2, 0) is 0 Å². The summed E-state index contributed by atoms with van der Waals surface area (Å²) in [5, 5.41) is 24.8. The van der Waals surface area contributed by atoms with Crippen LogP contribution in [0.25, 0.3) is 11.3 Å². The van der Waals surface area contributed by atoms with E-state index in [2.05, 4.69) is 104 Å². The molecule has 1 heterocycles. The van der Waals surface area contributed by atoms with E-state index >= 15 is 0 Å². The lowest BCUT2D eigenvalue weighted by Gasteiger charge is -2.27. The molecule has 518 valence electrons. The van der Waals surface area contributed by atoms with Crippen molar-refractivity contribution < 1.29 is 38.7 Å². The number of rotatable bonds is 19. The molecule has 5 aromatic rings. The van der Waals surface area contributed by atoms with Crippen molar-refractivity contribution in [3.8, 4) is 11.3 Å². The van der Waals surface area contributed by atoms with Crippen molar-refractivity contribution in [3.63, 3.8) is 0 Å². The summed E-state index contributed by atoms with van der Waals surface area (Å²) in [5.41, 5.74) is 18.1. The average molecular weight is 1400 g/mol. The summed E-state index contributed by atoms with van der Waals surface area (Å²) in [4.78, 5) is 87.9. The van der Waals surface area contributed by atoms with Crippen molar-refractivity contribution in [2.75, 3.05) is 31.5 Å². The van der Waals surface area contributed by atoms with Crippen LogP contribution in [0, 0.1) is 57.7 Å². The molecule has 0 spiro atoms. The largest absolute Gasteiger partial charge is 0.478 e.